The molecule has 2 saturated heterocycles. The van der Waals surface area contributed by atoms with Crippen LogP contribution in [0.2, 0.25) is 0 Å². The number of thioether (sulfide) groups is 1. The van der Waals surface area contributed by atoms with Gasteiger partial charge in [-0.25, -0.2) is 4.39 Å². The van der Waals surface area contributed by atoms with Gasteiger partial charge >= 0.3 is 0 Å². The van der Waals surface area contributed by atoms with Gasteiger partial charge in [-0.3, -0.25) is 14.5 Å². The second kappa shape index (κ2) is 7.29. The third kappa shape index (κ3) is 2.60. The highest BCUT2D eigenvalue weighted by Crippen LogP contribution is 2.61. The van der Waals surface area contributed by atoms with Crippen LogP contribution >= 0.6 is 11.8 Å². The molecule has 1 amide bonds. The van der Waals surface area contributed by atoms with Gasteiger partial charge < -0.3 is 5.32 Å². The van der Waals surface area contributed by atoms with E-state index in [0.717, 1.165) is 11.3 Å². The lowest BCUT2D eigenvalue weighted by Crippen LogP contribution is -2.52. The van der Waals surface area contributed by atoms with Crippen molar-refractivity contribution in [2.24, 2.45) is 5.92 Å². The number of amides is 1. The van der Waals surface area contributed by atoms with E-state index in [1.807, 2.05) is 48.5 Å². The number of carbonyl (C=O) groups excluding carboxylic acids is 2. The summed E-state index contributed by atoms with van der Waals surface area (Å²) < 4.78 is 14.5. The Morgan fingerprint density at radius 1 is 1.03 bits per heavy atom. The molecule has 3 heterocycles. The van der Waals surface area contributed by atoms with Crippen LogP contribution in [0.25, 0.3) is 0 Å². The van der Waals surface area contributed by atoms with Crippen molar-refractivity contribution in [1.29, 1.82) is 0 Å². The molecule has 0 aliphatic carbocycles. The molecule has 0 saturated carbocycles. The molecule has 1 N–H and O–H groups in total. The summed E-state index contributed by atoms with van der Waals surface area (Å²) in [5.41, 5.74) is 1.53. The molecule has 6 rings (SSSR count). The molecule has 0 radical (unpaired) electrons. The van der Waals surface area contributed by atoms with Crippen LogP contribution in [0.5, 0.6) is 0 Å². The van der Waals surface area contributed by atoms with Crippen LogP contribution in [-0.2, 0) is 10.3 Å². The Morgan fingerprint density at radius 3 is 2.50 bits per heavy atom. The summed E-state index contributed by atoms with van der Waals surface area (Å²) in [4.78, 5) is 30.1. The lowest BCUT2D eigenvalue weighted by molar-refractivity contribution is -0.127. The zero-order valence-corrected chi connectivity index (χ0v) is 18.0. The van der Waals surface area contributed by atoms with Crippen LogP contribution in [0.3, 0.4) is 0 Å². The largest absolute Gasteiger partial charge is 0.324 e. The summed E-state index contributed by atoms with van der Waals surface area (Å²) >= 11 is 1.76. The normalized spacial score (nSPS) is 28.5. The van der Waals surface area contributed by atoms with Crippen molar-refractivity contribution in [3.8, 4) is 0 Å². The van der Waals surface area contributed by atoms with Crippen molar-refractivity contribution in [2.75, 3.05) is 16.9 Å². The minimum atomic E-state index is -1.24. The predicted molar refractivity (Wildman–Crippen MR) is 123 cm³/mol. The van der Waals surface area contributed by atoms with Crippen LogP contribution in [-0.4, -0.2) is 34.3 Å². The Morgan fingerprint density at radius 2 is 1.75 bits per heavy atom. The molecule has 0 bridgehead atoms. The number of benzene rings is 3. The van der Waals surface area contributed by atoms with Crippen LogP contribution in [0.1, 0.15) is 27.4 Å². The van der Waals surface area contributed by atoms with Crippen molar-refractivity contribution in [3.63, 3.8) is 0 Å². The molecule has 3 aliphatic heterocycles. The van der Waals surface area contributed by atoms with E-state index in [0.29, 0.717) is 22.7 Å². The van der Waals surface area contributed by atoms with E-state index in [2.05, 4.69) is 10.2 Å². The zero-order chi connectivity index (χ0) is 21.9. The Bertz CT molecular complexity index is 1220. The zero-order valence-electron chi connectivity index (χ0n) is 17.2. The number of hydrogen-bond donors (Lipinski definition) is 1. The lowest BCUT2D eigenvalue weighted by atomic mass is 9.69. The number of fused-ring (bicyclic) bond motifs is 4. The van der Waals surface area contributed by atoms with Crippen LogP contribution in [0.4, 0.5) is 10.1 Å². The van der Waals surface area contributed by atoms with Gasteiger partial charge in [0, 0.05) is 40.4 Å². The van der Waals surface area contributed by atoms with Crippen molar-refractivity contribution in [1.82, 2.24) is 4.90 Å². The molecule has 3 aliphatic rings. The van der Waals surface area contributed by atoms with Gasteiger partial charge in [-0.05, 0) is 23.8 Å². The Labute approximate surface area is 189 Å². The van der Waals surface area contributed by atoms with Crippen LogP contribution in [0, 0.1) is 11.7 Å². The van der Waals surface area contributed by atoms with E-state index < -0.39 is 17.3 Å². The SMILES string of the molecule is O=C(c1ccccc1)C1C(c2ccccc2)C2CSCN2[C@@]12C(=O)Nc1ccc(F)cc12. The smallest absolute Gasteiger partial charge is 0.250 e. The highest BCUT2D eigenvalue weighted by atomic mass is 32.2. The number of nitrogens with zero attached hydrogens (tertiary/aromatic N) is 1. The standard InChI is InChI=1S/C26H21FN2O2S/c27-18-11-12-20-19(13-18)26(25(31)28-20)23(24(30)17-9-5-2-6-10-17)22(16-7-3-1-4-8-16)21-14-32-15-29(21)26/h1-13,21-23H,14-15H2,(H,28,31)/t21?,22?,23?,26-/m1/s1. The average molecular weight is 445 g/mol. The quantitative estimate of drug-likeness (QED) is 0.598. The van der Waals surface area contributed by atoms with Gasteiger partial charge in [0.05, 0.1) is 5.92 Å². The minimum absolute atomic E-state index is 0.0000274. The first kappa shape index (κ1) is 19.7. The second-order valence-electron chi connectivity index (χ2n) is 8.59. The van der Waals surface area contributed by atoms with Crippen molar-refractivity contribution in [3.05, 3.63) is 101 Å². The molecular weight excluding hydrogens is 423 g/mol. The van der Waals surface area contributed by atoms with Gasteiger partial charge in [-0.1, -0.05) is 60.7 Å². The molecule has 0 aromatic heterocycles. The van der Waals surface area contributed by atoms with Gasteiger partial charge in [0.25, 0.3) is 0 Å². The third-order valence-electron chi connectivity index (χ3n) is 7.11. The first-order valence-electron chi connectivity index (χ1n) is 10.7. The molecule has 3 unspecified atom stereocenters. The fourth-order valence-electron chi connectivity index (χ4n) is 5.88. The predicted octanol–water partition coefficient (Wildman–Crippen LogP) is 4.64. The summed E-state index contributed by atoms with van der Waals surface area (Å²) in [6.07, 6.45) is 0. The second-order valence-corrected chi connectivity index (χ2v) is 9.59. The molecule has 1 spiro atoms. The maximum absolute atomic E-state index is 14.5. The topological polar surface area (TPSA) is 49.4 Å². The Balaban J connectivity index is 1.63. The maximum Gasteiger partial charge on any atom is 0.250 e. The fraction of sp³-hybridized carbons (Fsp3) is 0.231. The van der Waals surface area contributed by atoms with Gasteiger partial charge in [-0.15, -0.1) is 11.8 Å². The highest BCUT2D eigenvalue weighted by molar-refractivity contribution is 7.99. The molecule has 2 fully saturated rings. The van der Waals surface area contributed by atoms with Gasteiger partial charge in [0.1, 0.15) is 11.4 Å². The first-order chi connectivity index (χ1) is 15.6. The van der Waals surface area contributed by atoms with E-state index in [-0.39, 0.29) is 23.7 Å². The van der Waals surface area contributed by atoms with E-state index in [9.17, 15) is 14.0 Å². The molecule has 6 heteroatoms. The van der Waals surface area contributed by atoms with E-state index in [1.54, 1.807) is 30.0 Å². The number of Topliss-reactive ketones (excluding diaryl/α,β-unsaturated/α-hetero) is 1. The number of anilines is 1. The van der Waals surface area contributed by atoms with Crippen molar-refractivity contribution >= 4 is 29.1 Å². The van der Waals surface area contributed by atoms with Crippen LogP contribution in [0.15, 0.2) is 78.9 Å². The maximum atomic E-state index is 14.5. The Hall–Kier alpha value is -2.96. The number of ketones is 1. The first-order valence-corrected chi connectivity index (χ1v) is 11.9. The summed E-state index contributed by atoms with van der Waals surface area (Å²) in [5.74, 6) is -0.130. The summed E-state index contributed by atoms with van der Waals surface area (Å²) in [6.45, 7) is 0. The minimum Gasteiger partial charge on any atom is -0.324 e. The van der Waals surface area contributed by atoms with E-state index >= 15 is 0 Å². The molecular formula is C26H21FN2O2S. The molecule has 4 atom stereocenters. The molecule has 3 aromatic carbocycles. The molecule has 3 aromatic rings. The highest BCUT2D eigenvalue weighted by Gasteiger charge is 2.69. The fourth-order valence-corrected chi connectivity index (χ4v) is 7.20. The monoisotopic (exact) mass is 444 g/mol. The Kier molecular flexibility index (Phi) is 4.49. The van der Waals surface area contributed by atoms with Crippen LogP contribution < -0.4 is 5.32 Å². The summed E-state index contributed by atoms with van der Waals surface area (Å²) in [6, 6.07) is 23.5. The summed E-state index contributed by atoms with van der Waals surface area (Å²) in [5, 5.41) is 2.97. The van der Waals surface area contributed by atoms with Gasteiger partial charge in [0.15, 0.2) is 5.78 Å². The number of rotatable bonds is 3. The summed E-state index contributed by atoms with van der Waals surface area (Å²) in [7, 11) is 0. The molecule has 4 nitrogen and oxygen atoms in total. The number of hydrogen-bond acceptors (Lipinski definition) is 4. The van der Waals surface area contributed by atoms with Gasteiger partial charge in [-0.2, -0.15) is 0 Å². The molecule has 32 heavy (non-hydrogen) atoms. The van der Waals surface area contributed by atoms with Crippen molar-refractivity contribution < 1.29 is 14.0 Å². The number of carbonyl (C=O) groups is 2. The molecule has 160 valence electrons. The van der Waals surface area contributed by atoms with E-state index in [1.165, 1.54) is 12.1 Å². The lowest BCUT2D eigenvalue weighted by Gasteiger charge is -2.36. The number of nitrogens with one attached hydrogen (secondary N) is 1. The number of halogens is 1. The average Bonchev–Trinajstić information content (AvgIpc) is 3.48. The third-order valence-corrected chi connectivity index (χ3v) is 8.15. The van der Waals surface area contributed by atoms with Crippen molar-refractivity contribution in [2.45, 2.75) is 17.5 Å². The van der Waals surface area contributed by atoms with Gasteiger partial charge in [0.2, 0.25) is 5.91 Å². The van der Waals surface area contributed by atoms with E-state index in [4.69, 9.17) is 0 Å².